The first-order valence-electron chi connectivity index (χ1n) is 2.58. The number of hydrogen-bond donors (Lipinski definition) is 0. The highest BCUT2D eigenvalue weighted by Gasteiger charge is 1.83. The molecule has 0 unspecified atom stereocenters. The molecule has 0 saturated heterocycles. The van der Waals surface area contributed by atoms with Gasteiger partial charge in [-0.1, -0.05) is 27.6 Å². The van der Waals surface area contributed by atoms with Gasteiger partial charge in [0, 0.05) is 11.2 Å². The maximum Gasteiger partial charge on any atom is 0.0406 e. The molecule has 0 aromatic heterocycles. The van der Waals surface area contributed by atoms with Crippen LogP contribution in [0.25, 0.3) is 0 Å². The highest BCUT2D eigenvalue weighted by molar-refractivity contribution is 9.09. The highest BCUT2D eigenvalue weighted by Crippen LogP contribution is 2.01. The summed E-state index contributed by atoms with van der Waals surface area (Å²) in [6, 6.07) is 0. The third-order valence-electron chi connectivity index (χ3n) is 0.914. The molecule has 0 rings (SSSR count). The van der Waals surface area contributed by atoms with Gasteiger partial charge >= 0.3 is 0 Å². The SMILES string of the molecule is C/C(=C/CCl)CCBr. The molecule has 0 amide bonds. The van der Waals surface area contributed by atoms with Crippen molar-refractivity contribution in [1.82, 2.24) is 0 Å². The van der Waals surface area contributed by atoms with E-state index in [1.54, 1.807) is 0 Å². The Morgan fingerprint density at radius 2 is 2.38 bits per heavy atom. The Balaban J connectivity index is 3.29. The van der Waals surface area contributed by atoms with Crippen LogP contribution in [0.5, 0.6) is 0 Å². The van der Waals surface area contributed by atoms with Crippen molar-refractivity contribution < 1.29 is 0 Å². The minimum Gasteiger partial charge on any atom is -0.122 e. The summed E-state index contributed by atoms with van der Waals surface area (Å²) in [5.74, 6) is 0.638. The molecular weight excluding hydrogens is 187 g/mol. The van der Waals surface area contributed by atoms with Crippen LogP contribution >= 0.6 is 27.5 Å². The summed E-state index contributed by atoms with van der Waals surface area (Å²) in [5.41, 5.74) is 1.36. The number of hydrogen-bond acceptors (Lipinski definition) is 0. The third kappa shape index (κ3) is 4.66. The molecule has 0 spiro atoms. The van der Waals surface area contributed by atoms with Gasteiger partial charge in [-0.05, 0) is 13.3 Å². The maximum atomic E-state index is 5.44. The number of alkyl halides is 2. The molecule has 0 nitrogen and oxygen atoms in total. The van der Waals surface area contributed by atoms with E-state index in [-0.39, 0.29) is 0 Å². The summed E-state index contributed by atoms with van der Waals surface area (Å²) < 4.78 is 0. The lowest BCUT2D eigenvalue weighted by molar-refractivity contribution is 1.12. The highest BCUT2D eigenvalue weighted by atomic mass is 79.9. The molecule has 0 atom stereocenters. The van der Waals surface area contributed by atoms with Gasteiger partial charge < -0.3 is 0 Å². The summed E-state index contributed by atoms with van der Waals surface area (Å²) in [5, 5.41) is 1.03. The van der Waals surface area contributed by atoms with Crippen LogP contribution in [0.2, 0.25) is 0 Å². The van der Waals surface area contributed by atoms with Crippen LogP contribution in [0.1, 0.15) is 13.3 Å². The van der Waals surface area contributed by atoms with Crippen molar-refractivity contribution in [2.75, 3.05) is 11.2 Å². The lowest BCUT2D eigenvalue weighted by Crippen LogP contribution is -1.77. The Labute approximate surface area is 64.0 Å². The van der Waals surface area contributed by atoms with E-state index in [0.717, 1.165) is 11.8 Å². The van der Waals surface area contributed by atoms with Crippen molar-refractivity contribution in [2.24, 2.45) is 0 Å². The van der Waals surface area contributed by atoms with Crippen molar-refractivity contribution in [2.45, 2.75) is 13.3 Å². The smallest absolute Gasteiger partial charge is 0.0406 e. The molecule has 0 saturated carbocycles. The first-order valence-corrected chi connectivity index (χ1v) is 4.24. The fraction of sp³-hybridized carbons (Fsp3) is 0.667. The molecule has 0 aromatic carbocycles. The standard InChI is InChI=1S/C6H10BrCl/c1-6(2-4-7)3-5-8/h3H,2,4-5H2,1H3/b6-3-. The Bertz CT molecular complexity index is 78.6. The van der Waals surface area contributed by atoms with Gasteiger partial charge in [-0.2, -0.15) is 0 Å². The van der Waals surface area contributed by atoms with Gasteiger partial charge in [-0.15, -0.1) is 11.6 Å². The van der Waals surface area contributed by atoms with Gasteiger partial charge in [-0.3, -0.25) is 0 Å². The third-order valence-corrected chi connectivity index (χ3v) is 1.47. The normalized spacial score (nSPS) is 12.1. The second kappa shape index (κ2) is 5.64. The van der Waals surface area contributed by atoms with E-state index < -0.39 is 0 Å². The van der Waals surface area contributed by atoms with E-state index in [0.29, 0.717) is 5.88 Å². The van der Waals surface area contributed by atoms with E-state index in [9.17, 15) is 0 Å². The molecular formula is C6H10BrCl. The molecule has 0 aliphatic heterocycles. The quantitative estimate of drug-likeness (QED) is 0.482. The van der Waals surface area contributed by atoms with Crippen molar-refractivity contribution in [3.05, 3.63) is 11.6 Å². The van der Waals surface area contributed by atoms with Gasteiger partial charge in [0.1, 0.15) is 0 Å². The summed E-state index contributed by atoms with van der Waals surface area (Å²) in [6.07, 6.45) is 3.13. The van der Waals surface area contributed by atoms with Gasteiger partial charge in [0.15, 0.2) is 0 Å². The zero-order valence-corrected chi connectivity index (χ0v) is 7.30. The van der Waals surface area contributed by atoms with Crippen LogP contribution in [-0.2, 0) is 0 Å². The van der Waals surface area contributed by atoms with Crippen molar-refractivity contribution in [1.29, 1.82) is 0 Å². The molecule has 0 radical (unpaired) electrons. The molecule has 0 N–H and O–H groups in total. The maximum absolute atomic E-state index is 5.44. The Morgan fingerprint density at radius 1 is 1.75 bits per heavy atom. The van der Waals surface area contributed by atoms with Gasteiger partial charge in [0.2, 0.25) is 0 Å². The van der Waals surface area contributed by atoms with E-state index in [2.05, 4.69) is 22.9 Å². The molecule has 0 aliphatic rings. The summed E-state index contributed by atoms with van der Waals surface area (Å²) in [7, 11) is 0. The van der Waals surface area contributed by atoms with Crippen LogP contribution in [0.4, 0.5) is 0 Å². The second-order valence-corrected chi connectivity index (χ2v) is 2.75. The first kappa shape index (κ1) is 8.51. The van der Waals surface area contributed by atoms with Crippen LogP contribution < -0.4 is 0 Å². The topological polar surface area (TPSA) is 0 Å². The predicted octanol–water partition coefficient (Wildman–Crippen LogP) is 2.96. The zero-order valence-electron chi connectivity index (χ0n) is 4.95. The minimum absolute atomic E-state index is 0.638. The Hall–Kier alpha value is 0.510. The predicted molar refractivity (Wildman–Crippen MR) is 42.9 cm³/mol. The zero-order chi connectivity index (χ0) is 6.41. The number of rotatable bonds is 3. The van der Waals surface area contributed by atoms with Gasteiger partial charge in [-0.25, -0.2) is 0 Å². The van der Waals surface area contributed by atoms with E-state index in [1.165, 1.54) is 5.57 Å². The summed E-state index contributed by atoms with van der Waals surface area (Å²) in [6.45, 7) is 2.09. The van der Waals surface area contributed by atoms with Crippen molar-refractivity contribution in [3.8, 4) is 0 Å². The fourth-order valence-electron chi connectivity index (χ4n) is 0.383. The van der Waals surface area contributed by atoms with Gasteiger partial charge in [0.05, 0.1) is 0 Å². The largest absolute Gasteiger partial charge is 0.122 e. The van der Waals surface area contributed by atoms with Crippen LogP contribution in [-0.4, -0.2) is 11.2 Å². The lowest BCUT2D eigenvalue weighted by Gasteiger charge is -1.91. The minimum atomic E-state index is 0.638. The average molecular weight is 198 g/mol. The van der Waals surface area contributed by atoms with Gasteiger partial charge in [0.25, 0.3) is 0 Å². The molecule has 2 heteroatoms. The molecule has 0 aliphatic carbocycles. The Morgan fingerprint density at radius 3 is 2.75 bits per heavy atom. The molecule has 48 valence electrons. The fourth-order valence-corrected chi connectivity index (χ4v) is 1.27. The van der Waals surface area contributed by atoms with Crippen LogP contribution in [0.15, 0.2) is 11.6 Å². The molecule has 0 bridgehead atoms. The number of halogens is 2. The summed E-state index contributed by atoms with van der Waals surface area (Å²) in [4.78, 5) is 0. The van der Waals surface area contributed by atoms with Crippen molar-refractivity contribution >= 4 is 27.5 Å². The lowest BCUT2D eigenvalue weighted by atomic mass is 10.2. The van der Waals surface area contributed by atoms with E-state index >= 15 is 0 Å². The van der Waals surface area contributed by atoms with Crippen LogP contribution in [0.3, 0.4) is 0 Å². The average Bonchev–Trinajstić information content (AvgIpc) is 1.68. The van der Waals surface area contributed by atoms with Crippen LogP contribution in [0, 0.1) is 0 Å². The van der Waals surface area contributed by atoms with Crippen molar-refractivity contribution in [3.63, 3.8) is 0 Å². The van der Waals surface area contributed by atoms with E-state index in [1.807, 2.05) is 6.08 Å². The monoisotopic (exact) mass is 196 g/mol. The van der Waals surface area contributed by atoms with E-state index in [4.69, 9.17) is 11.6 Å². The molecule has 0 fully saturated rings. The molecule has 0 aromatic rings. The Kier molecular flexibility index (Phi) is 6.00. The molecule has 8 heavy (non-hydrogen) atoms. The second-order valence-electron chi connectivity index (χ2n) is 1.64. The molecule has 0 heterocycles. The summed E-state index contributed by atoms with van der Waals surface area (Å²) >= 11 is 8.78. The first-order chi connectivity index (χ1) is 3.81. The number of allylic oxidation sites excluding steroid dienone is 2.